The van der Waals surface area contributed by atoms with Gasteiger partial charge in [-0.3, -0.25) is 0 Å². The third kappa shape index (κ3) is 6.48. The predicted molar refractivity (Wildman–Crippen MR) is 79.4 cm³/mol. The molecule has 1 nitrogen and oxygen atoms in total. The fraction of sp³-hybridized carbons (Fsp3) is 0.529. The quantitative estimate of drug-likeness (QED) is 0.417. The van der Waals surface area contributed by atoms with Crippen molar-refractivity contribution in [2.24, 2.45) is 0 Å². The summed E-state index contributed by atoms with van der Waals surface area (Å²) in [5.41, 5.74) is 1.23. The van der Waals surface area contributed by atoms with Crippen LogP contribution in [0.25, 0.3) is 6.08 Å². The van der Waals surface area contributed by atoms with Gasteiger partial charge in [0.15, 0.2) is 0 Å². The Kier molecular flexibility index (Phi) is 8.03. The first-order valence-corrected chi connectivity index (χ1v) is 7.25. The summed E-state index contributed by atoms with van der Waals surface area (Å²) in [6, 6.07) is 10.4. The first-order chi connectivity index (χ1) is 8.86. The average Bonchev–Trinajstić information content (AvgIpc) is 2.40. The summed E-state index contributed by atoms with van der Waals surface area (Å²) in [5, 5.41) is 0. The molecule has 0 spiro atoms. The molecular formula is C17H26O. The van der Waals surface area contributed by atoms with Crippen molar-refractivity contribution < 1.29 is 4.74 Å². The van der Waals surface area contributed by atoms with Gasteiger partial charge in [-0.1, -0.05) is 62.9 Å². The maximum absolute atomic E-state index is 5.71. The van der Waals surface area contributed by atoms with E-state index >= 15 is 0 Å². The van der Waals surface area contributed by atoms with Crippen molar-refractivity contribution >= 4 is 6.08 Å². The van der Waals surface area contributed by atoms with Gasteiger partial charge in [-0.15, -0.1) is 0 Å². The molecule has 0 atom stereocenters. The van der Waals surface area contributed by atoms with E-state index in [-0.39, 0.29) is 0 Å². The smallest absolute Gasteiger partial charge is 0.0965 e. The Hall–Kier alpha value is -1.24. The molecule has 1 aromatic rings. The number of hydrogen-bond donors (Lipinski definition) is 0. The van der Waals surface area contributed by atoms with E-state index in [1.165, 1.54) is 37.7 Å². The SMILES string of the molecule is CCCCCCC/C(=C/c1ccccc1)OCC. The highest BCUT2D eigenvalue weighted by molar-refractivity contribution is 5.50. The summed E-state index contributed by atoms with van der Waals surface area (Å²) >= 11 is 0. The van der Waals surface area contributed by atoms with Gasteiger partial charge in [-0.25, -0.2) is 0 Å². The molecule has 0 radical (unpaired) electrons. The lowest BCUT2D eigenvalue weighted by molar-refractivity contribution is 0.220. The van der Waals surface area contributed by atoms with E-state index in [1.807, 2.05) is 6.07 Å². The first-order valence-electron chi connectivity index (χ1n) is 7.25. The number of benzene rings is 1. The van der Waals surface area contributed by atoms with E-state index in [0.29, 0.717) is 0 Å². The van der Waals surface area contributed by atoms with Gasteiger partial charge in [0.25, 0.3) is 0 Å². The van der Waals surface area contributed by atoms with Crippen LogP contribution < -0.4 is 0 Å². The maximum Gasteiger partial charge on any atom is 0.0965 e. The van der Waals surface area contributed by atoms with Gasteiger partial charge in [-0.2, -0.15) is 0 Å². The fourth-order valence-corrected chi connectivity index (χ4v) is 2.01. The van der Waals surface area contributed by atoms with Gasteiger partial charge in [0, 0.05) is 6.42 Å². The summed E-state index contributed by atoms with van der Waals surface area (Å²) < 4.78 is 5.71. The van der Waals surface area contributed by atoms with E-state index < -0.39 is 0 Å². The molecule has 1 rings (SSSR count). The van der Waals surface area contributed by atoms with Crippen molar-refractivity contribution in [1.29, 1.82) is 0 Å². The molecule has 1 aromatic carbocycles. The largest absolute Gasteiger partial charge is 0.498 e. The summed E-state index contributed by atoms with van der Waals surface area (Å²) in [6.07, 6.45) is 9.78. The summed E-state index contributed by atoms with van der Waals surface area (Å²) in [7, 11) is 0. The standard InChI is InChI=1S/C17H26O/c1-3-5-6-7-11-14-17(18-4-2)15-16-12-9-8-10-13-16/h8-10,12-13,15H,3-7,11,14H2,1-2H3/b17-15-. The first kappa shape index (κ1) is 14.8. The number of hydrogen-bond acceptors (Lipinski definition) is 1. The third-order valence-electron chi connectivity index (χ3n) is 2.98. The van der Waals surface area contributed by atoms with Crippen LogP contribution in [0.5, 0.6) is 0 Å². The second-order valence-corrected chi connectivity index (χ2v) is 4.62. The van der Waals surface area contributed by atoms with Crippen LogP contribution in [0.2, 0.25) is 0 Å². The molecule has 0 unspecified atom stereocenters. The molecule has 1 heteroatoms. The molecule has 0 heterocycles. The summed E-state index contributed by atoms with van der Waals surface area (Å²) in [5.74, 6) is 1.13. The lowest BCUT2D eigenvalue weighted by Gasteiger charge is -2.09. The highest BCUT2D eigenvalue weighted by Gasteiger charge is 1.99. The number of ether oxygens (including phenoxy) is 1. The van der Waals surface area contributed by atoms with Crippen molar-refractivity contribution in [3.05, 3.63) is 41.7 Å². The van der Waals surface area contributed by atoms with E-state index in [1.54, 1.807) is 0 Å². The molecule has 0 amide bonds. The highest BCUT2D eigenvalue weighted by Crippen LogP contribution is 2.15. The Morgan fingerprint density at radius 2 is 1.72 bits per heavy atom. The van der Waals surface area contributed by atoms with Crippen LogP contribution in [-0.2, 0) is 4.74 Å². The molecule has 0 aliphatic heterocycles. The van der Waals surface area contributed by atoms with Crippen molar-refractivity contribution in [2.45, 2.75) is 52.4 Å². The van der Waals surface area contributed by atoms with Crippen molar-refractivity contribution in [3.8, 4) is 0 Å². The molecule has 0 aliphatic rings. The molecule has 18 heavy (non-hydrogen) atoms. The number of rotatable bonds is 9. The molecule has 100 valence electrons. The van der Waals surface area contributed by atoms with E-state index in [0.717, 1.165) is 18.8 Å². The van der Waals surface area contributed by atoms with Gasteiger partial charge in [0.2, 0.25) is 0 Å². The molecule has 0 aliphatic carbocycles. The Labute approximate surface area is 112 Å². The van der Waals surface area contributed by atoms with E-state index in [4.69, 9.17) is 4.74 Å². The molecular weight excluding hydrogens is 220 g/mol. The topological polar surface area (TPSA) is 9.23 Å². The zero-order valence-corrected chi connectivity index (χ0v) is 11.8. The molecule has 0 saturated heterocycles. The van der Waals surface area contributed by atoms with Gasteiger partial charge in [-0.05, 0) is 25.0 Å². The lowest BCUT2D eigenvalue weighted by Crippen LogP contribution is -1.92. The molecule has 0 fully saturated rings. The van der Waals surface area contributed by atoms with Gasteiger partial charge >= 0.3 is 0 Å². The van der Waals surface area contributed by atoms with Crippen LogP contribution >= 0.6 is 0 Å². The highest BCUT2D eigenvalue weighted by atomic mass is 16.5. The van der Waals surface area contributed by atoms with Gasteiger partial charge in [0.05, 0.1) is 12.4 Å². The van der Waals surface area contributed by atoms with Crippen LogP contribution in [0, 0.1) is 0 Å². The van der Waals surface area contributed by atoms with Crippen LogP contribution in [0.3, 0.4) is 0 Å². The second-order valence-electron chi connectivity index (χ2n) is 4.62. The molecule has 0 aromatic heterocycles. The average molecular weight is 246 g/mol. The van der Waals surface area contributed by atoms with Crippen LogP contribution in [0.4, 0.5) is 0 Å². The van der Waals surface area contributed by atoms with E-state index in [2.05, 4.69) is 44.2 Å². The van der Waals surface area contributed by atoms with Crippen molar-refractivity contribution in [3.63, 3.8) is 0 Å². The fourth-order valence-electron chi connectivity index (χ4n) is 2.01. The minimum absolute atomic E-state index is 0.758. The van der Waals surface area contributed by atoms with Crippen LogP contribution in [-0.4, -0.2) is 6.61 Å². The Morgan fingerprint density at radius 1 is 1.00 bits per heavy atom. The Morgan fingerprint density at radius 3 is 2.39 bits per heavy atom. The maximum atomic E-state index is 5.71. The van der Waals surface area contributed by atoms with E-state index in [9.17, 15) is 0 Å². The zero-order valence-electron chi connectivity index (χ0n) is 11.8. The summed E-state index contributed by atoms with van der Waals surface area (Å²) in [6.45, 7) is 5.06. The Balaban J connectivity index is 2.42. The monoisotopic (exact) mass is 246 g/mol. The van der Waals surface area contributed by atoms with Crippen LogP contribution in [0.1, 0.15) is 57.9 Å². The van der Waals surface area contributed by atoms with Crippen molar-refractivity contribution in [1.82, 2.24) is 0 Å². The van der Waals surface area contributed by atoms with Gasteiger partial charge < -0.3 is 4.74 Å². The molecule has 0 bridgehead atoms. The van der Waals surface area contributed by atoms with Crippen LogP contribution in [0.15, 0.2) is 36.1 Å². The zero-order chi connectivity index (χ0) is 13.1. The Bertz CT molecular complexity index is 327. The lowest BCUT2D eigenvalue weighted by atomic mass is 10.1. The number of allylic oxidation sites excluding steroid dienone is 1. The second kappa shape index (κ2) is 9.76. The summed E-state index contributed by atoms with van der Waals surface area (Å²) in [4.78, 5) is 0. The molecule has 0 saturated carbocycles. The normalized spacial score (nSPS) is 11.6. The molecule has 0 N–H and O–H groups in total. The third-order valence-corrected chi connectivity index (χ3v) is 2.98. The van der Waals surface area contributed by atoms with Gasteiger partial charge in [0.1, 0.15) is 0 Å². The minimum Gasteiger partial charge on any atom is -0.498 e. The number of unbranched alkanes of at least 4 members (excludes halogenated alkanes) is 4. The van der Waals surface area contributed by atoms with Crippen molar-refractivity contribution in [2.75, 3.05) is 6.61 Å². The predicted octanol–water partition coefficient (Wildman–Crippen LogP) is 5.42. The minimum atomic E-state index is 0.758.